The van der Waals surface area contributed by atoms with Gasteiger partial charge in [-0.1, -0.05) is 0 Å². The summed E-state index contributed by atoms with van der Waals surface area (Å²) in [5.74, 6) is -1.44. The SMILES string of the molecule is NC(=O)CC(S)(S)C(N)=O. The van der Waals surface area contributed by atoms with Crippen LogP contribution in [0, 0.1) is 0 Å². The Labute approximate surface area is 69.1 Å². The third kappa shape index (κ3) is 2.98. The quantitative estimate of drug-likeness (QED) is 0.328. The molecule has 10 heavy (non-hydrogen) atoms. The predicted molar refractivity (Wildman–Crippen MR) is 43.7 cm³/mol. The van der Waals surface area contributed by atoms with E-state index in [9.17, 15) is 9.59 Å². The van der Waals surface area contributed by atoms with E-state index in [0.29, 0.717) is 0 Å². The summed E-state index contributed by atoms with van der Waals surface area (Å²) in [6.45, 7) is 0. The van der Waals surface area contributed by atoms with Crippen LogP contribution in [0.1, 0.15) is 6.42 Å². The minimum Gasteiger partial charge on any atom is -0.370 e. The Morgan fingerprint density at radius 3 is 1.80 bits per heavy atom. The number of rotatable bonds is 3. The summed E-state index contributed by atoms with van der Waals surface area (Å²) in [5, 5.41) is 0. The molecule has 4 nitrogen and oxygen atoms in total. The Bertz CT molecular complexity index is 169. The van der Waals surface area contributed by atoms with E-state index in [1.165, 1.54) is 0 Å². The van der Waals surface area contributed by atoms with Gasteiger partial charge in [-0.2, -0.15) is 25.3 Å². The van der Waals surface area contributed by atoms with Gasteiger partial charge < -0.3 is 11.5 Å². The molecule has 0 rings (SSSR count). The van der Waals surface area contributed by atoms with Crippen molar-refractivity contribution in [2.45, 2.75) is 10.5 Å². The van der Waals surface area contributed by atoms with Crippen molar-refractivity contribution in [1.82, 2.24) is 0 Å². The minimum absolute atomic E-state index is 0.269. The predicted octanol–water partition coefficient (Wildman–Crippen LogP) is -1.10. The molecule has 0 unspecified atom stereocenters. The zero-order valence-corrected chi connectivity index (χ0v) is 6.86. The Morgan fingerprint density at radius 1 is 1.30 bits per heavy atom. The summed E-state index contributed by atoms with van der Waals surface area (Å²) in [6, 6.07) is 0. The van der Waals surface area contributed by atoms with E-state index < -0.39 is 15.9 Å². The van der Waals surface area contributed by atoms with E-state index in [1.54, 1.807) is 0 Å². The molecule has 0 radical (unpaired) electrons. The van der Waals surface area contributed by atoms with Crippen LogP contribution in [0.3, 0.4) is 0 Å². The monoisotopic (exact) mass is 180 g/mol. The number of hydrogen-bond donors (Lipinski definition) is 4. The molecule has 0 fully saturated rings. The summed E-state index contributed by atoms with van der Waals surface area (Å²) < 4.78 is -1.42. The maximum Gasteiger partial charge on any atom is 0.243 e. The number of carbonyl (C=O) groups excluding carboxylic acids is 2. The number of hydrogen-bond acceptors (Lipinski definition) is 4. The minimum atomic E-state index is -1.42. The van der Waals surface area contributed by atoms with Gasteiger partial charge in [0.15, 0.2) is 0 Å². The number of nitrogens with two attached hydrogens (primary N) is 2. The molecule has 0 saturated carbocycles. The van der Waals surface area contributed by atoms with Gasteiger partial charge in [-0.25, -0.2) is 0 Å². The Balaban J connectivity index is 4.13. The van der Waals surface area contributed by atoms with E-state index in [4.69, 9.17) is 11.5 Å². The zero-order valence-electron chi connectivity index (χ0n) is 5.07. The van der Waals surface area contributed by atoms with Gasteiger partial charge in [0.25, 0.3) is 0 Å². The molecule has 58 valence electrons. The highest BCUT2D eigenvalue weighted by Gasteiger charge is 2.29. The highest BCUT2D eigenvalue weighted by molar-refractivity contribution is 8.02. The van der Waals surface area contributed by atoms with Crippen molar-refractivity contribution in [3.8, 4) is 0 Å². The van der Waals surface area contributed by atoms with Crippen LogP contribution in [0.4, 0.5) is 0 Å². The maximum atomic E-state index is 10.4. The first-order valence-electron chi connectivity index (χ1n) is 2.39. The van der Waals surface area contributed by atoms with Crippen molar-refractivity contribution in [2.75, 3.05) is 0 Å². The second-order valence-electron chi connectivity index (χ2n) is 1.82. The van der Waals surface area contributed by atoms with Crippen LogP contribution < -0.4 is 11.5 Å². The smallest absolute Gasteiger partial charge is 0.243 e. The molecular weight excluding hydrogens is 172 g/mol. The van der Waals surface area contributed by atoms with E-state index in [-0.39, 0.29) is 6.42 Å². The van der Waals surface area contributed by atoms with E-state index in [2.05, 4.69) is 25.3 Å². The average Bonchev–Trinajstić information content (AvgIpc) is 1.60. The molecule has 4 N–H and O–H groups in total. The lowest BCUT2D eigenvalue weighted by molar-refractivity contribution is -0.123. The fourth-order valence-electron chi connectivity index (χ4n) is 0.330. The van der Waals surface area contributed by atoms with Crippen molar-refractivity contribution in [1.29, 1.82) is 0 Å². The molecule has 0 aliphatic carbocycles. The number of carbonyl (C=O) groups is 2. The van der Waals surface area contributed by atoms with Crippen molar-refractivity contribution < 1.29 is 9.59 Å². The van der Waals surface area contributed by atoms with Crippen LogP contribution in [0.15, 0.2) is 0 Å². The number of amides is 2. The van der Waals surface area contributed by atoms with Gasteiger partial charge in [-0.05, 0) is 0 Å². The fraction of sp³-hybridized carbons (Fsp3) is 0.500. The van der Waals surface area contributed by atoms with Gasteiger partial charge in [0, 0.05) is 0 Å². The molecule has 0 atom stereocenters. The zero-order chi connectivity index (χ0) is 8.36. The van der Waals surface area contributed by atoms with Crippen molar-refractivity contribution in [3.05, 3.63) is 0 Å². The number of thiol groups is 2. The Hall–Kier alpha value is -0.360. The molecular formula is C4H8N2O2S2. The van der Waals surface area contributed by atoms with Crippen LogP contribution in [0.25, 0.3) is 0 Å². The van der Waals surface area contributed by atoms with Gasteiger partial charge in [-0.15, -0.1) is 0 Å². The lowest BCUT2D eigenvalue weighted by Crippen LogP contribution is -2.37. The van der Waals surface area contributed by atoms with Crippen molar-refractivity contribution in [2.24, 2.45) is 11.5 Å². The first-order valence-corrected chi connectivity index (χ1v) is 3.28. The summed E-state index contributed by atoms with van der Waals surface area (Å²) in [4.78, 5) is 20.7. The molecule has 2 amide bonds. The van der Waals surface area contributed by atoms with Gasteiger partial charge >= 0.3 is 0 Å². The fourth-order valence-corrected chi connectivity index (χ4v) is 0.642. The summed E-state index contributed by atoms with van der Waals surface area (Å²) in [7, 11) is 0. The van der Waals surface area contributed by atoms with Crippen molar-refractivity contribution in [3.63, 3.8) is 0 Å². The third-order valence-electron chi connectivity index (χ3n) is 0.815. The van der Waals surface area contributed by atoms with Crippen LogP contribution in [0.5, 0.6) is 0 Å². The van der Waals surface area contributed by atoms with E-state index >= 15 is 0 Å². The molecule has 0 aliphatic rings. The first-order chi connectivity index (χ1) is 4.36. The summed E-state index contributed by atoms with van der Waals surface area (Å²) in [6.07, 6.45) is -0.269. The number of primary amides is 2. The standard InChI is InChI=1S/C4H8N2O2S2/c5-2(7)1-4(9,10)3(6)8/h9-10H,1H2,(H2,5,7)(H2,6,8). The van der Waals surface area contributed by atoms with Gasteiger partial charge in [0.05, 0.1) is 6.42 Å². The molecule has 0 spiro atoms. The van der Waals surface area contributed by atoms with Crippen LogP contribution in [-0.4, -0.2) is 15.9 Å². The maximum absolute atomic E-state index is 10.4. The molecule has 0 bridgehead atoms. The second kappa shape index (κ2) is 3.16. The lowest BCUT2D eigenvalue weighted by atomic mass is 10.3. The average molecular weight is 180 g/mol. The second-order valence-corrected chi connectivity index (χ2v) is 3.70. The van der Waals surface area contributed by atoms with E-state index in [1.807, 2.05) is 0 Å². The van der Waals surface area contributed by atoms with Gasteiger partial charge in [-0.3, -0.25) is 9.59 Å². The molecule has 6 heteroatoms. The summed E-state index contributed by atoms with van der Waals surface area (Å²) >= 11 is 7.42. The molecule has 0 aliphatic heterocycles. The molecule has 0 aromatic carbocycles. The van der Waals surface area contributed by atoms with E-state index in [0.717, 1.165) is 0 Å². The van der Waals surface area contributed by atoms with Gasteiger partial charge in [0.2, 0.25) is 11.8 Å². The van der Waals surface area contributed by atoms with Crippen LogP contribution >= 0.6 is 25.3 Å². The van der Waals surface area contributed by atoms with Crippen LogP contribution in [-0.2, 0) is 9.59 Å². The molecule has 0 heterocycles. The van der Waals surface area contributed by atoms with Crippen LogP contribution in [0.2, 0.25) is 0 Å². The summed E-state index contributed by atoms with van der Waals surface area (Å²) in [5.41, 5.74) is 9.59. The van der Waals surface area contributed by atoms with Crippen molar-refractivity contribution >= 4 is 37.1 Å². The molecule has 0 aromatic rings. The topological polar surface area (TPSA) is 86.2 Å². The normalized spacial score (nSPS) is 11.0. The Kier molecular flexibility index (Phi) is 3.04. The van der Waals surface area contributed by atoms with Gasteiger partial charge in [0.1, 0.15) is 4.08 Å². The lowest BCUT2D eigenvalue weighted by Gasteiger charge is -2.14. The first kappa shape index (κ1) is 9.64. The largest absolute Gasteiger partial charge is 0.370 e. The highest BCUT2D eigenvalue weighted by Crippen LogP contribution is 2.22. The third-order valence-corrected chi connectivity index (χ3v) is 1.57. The Morgan fingerprint density at radius 2 is 1.70 bits per heavy atom. The molecule has 0 saturated heterocycles. The molecule has 0 aromatic heterocycles. The highest BCUT2D eigenvalue weighted by atomic mass is 32.2.